The van der Waals surface area contributed by atoms with E-state index in [0.717, 1.165) is 24.1 Å². The van der Waals surface area contributed by atoms with E-state index in [2.05, 4.69) is 17.2 Å². The van der Waals surface area contributed by atoms with Crippen molar-refractivity contribution in [2.75, 3.05) is 0 Å². The molecule has 5 nitrogen and oxygen atoms in total. The molecule has 0 spiro atoms. The van der Waals surface area contributed by atoms with Crippen molar-refractivity contribution in [1.82, 2.24) is 10.3 Å². The van der Waals surface area contributed by atoms with Gasteiger partial charge in [-0.05, 0) is 50.2 Å². The summed E-state index contributed by atoms with van der Waals surface area (Å²) in [5, 5.41) is 12.2. The number of carbonyl (C=O) groups is 1. The number of carbonyl (C=O) groups excluding carboxylic acids is 1. The monoisotopic (exact) mass is 315 g/mol. The zero-order valence-electron chi connectivity index (χ0n) is 14.2. The van der Waals surface area contributed by atoms with Crippen molar-refractivity contribution >= 4 is 5.91 Å². The van der Waals surface area contributed by atoms with Crippen LogP contribution in [0.3, 0.4) is 0 Å². The van der Waals surface area contributed by atoms with Gasteiger partial charge >= 0.3 is 0 Å². The summed E-state index contributed by atoms with van der Waals surface area (Å²) in [6.07, 6.45) is 5.46. The van der Waals surface area contributed by atoms with Crippen LogP contribution in [0, 0.1) is 31.1 Å². The Morgan fingerprint density at radius 2 is 2.13 bits per heavy atom. The minimum Gasteiger partial charge on any atom is -0.353 e. The van der Waals surface area contributed by atoms with Gasteiger partial charge < -0.3 is 10.3 Å². The quantitative estimate of drug-likeness (QED) is 0.895. The van der Waals surface area contributed by atoms with Gasteiger partial charge in [0, 0.05) is 18.2 Å². The smallest absolute Gasteiger partial charge is 0.266 e. The van der Waals surface area contributed by atoms with Crippen LogP contribution in [0.4, 0.5) is 0 Å². The van der Waals surface area contributed by atoms with E-state index in [0.29, 0.717) is 30.4 Å². The van der Waals surface area contributed by atoms with E-state index in [9.17, 15) is 9.59 Å². The highest BCUT2D eigenvalue weighted by Gasteiger charge is 2.20. The molecule has 23 heavy (non-hydrogen) atoms. The van der Waals surface area contributed by atoms with Crippen molar-refractivity contribution < 1.29 is 4.79 Å². The SMILES string of the molecule is Cc1[nH]c(=O)c(C#N)c(C)c1CCC(=O)NC1CCCC(C)C1. The summed E-state index contributed by atoms with van der Waals surface area (Å²) in [6.45, 7) is 5.82. The Morgan fingerprint density at radius 1 is 1.39 bits per heavy atom. The minimum atomic E-state index is -0.355. The molecule has 0 aliphatic heterocycles. The molecule has 5 heteroatoms. The molecule has 1 heterocycles. The largest absolute Gasteiger partial charge is 0.353 e. The van der Waals surface area contributed by atoms with E-state index in [1.54, 1.807) is 6.92 Å². The summed E-state index contributed by atoms with van der Waals surface area (Å²) in [4.78, 5) is 26.6. The first-order valence-corrected chi connectivity index (χ1v) is 8.34. The van der Waals surface area contributed by atoms with Crippen LogP contribution in [0.5, 0.6) is 0 Å². The molecule has 0 radical (unpaired) electrons. The van der Waals surface area contributed by atoms with Crippen LogP contribution in [0.15, 0.2) is 4.79 Å². The van der Waals surface area contributed by atoms with E-state index in [1.165, 1.54) is 12.8 Å². The average Bonchev–Trinajstić information content (AvgIpc) is 2.47. The van der Waals surface area contributed by atoms with Gasteiger partial charge in [0.05, 0.1) is 0 Å². The molecule has 1 aromatic heterocycles. The number of hydrogen-bond donors (Lipinski definition) is 2. The maximum atomic E-state index is 12.2. The zero-order chi connectivity index (χ0) is 17.0. The number of amides is 1. The topological polar surface area (TPSA) is 85.8 Å². The second-order valence-corrected chi connectivity index (χ2v) is 6.71. The van der Waals surface area contributed by atoms with E-state index in [-0.39, 0.29) is 17.0 Å². The number of nitrogens with zero attached hydrogens (tertiary/aromatic N) is 1. The molecule has 0 bridgehead atoms. The van der Waals surface area contributed by atoms with Crippen LogP contribution in [-0.4, -0.2) is 16.9 Å². The van der Waals surface area contributed by atoms with Crippen LogP contribution >= 0.6 is 0 Å². The van der Waals surface area contributed by atoms with Crippen molar-refractivity contribution in [3.8, 4) is 6.07 Å². The lowest BCUT2D eigenvalue weighted by Crippen LogP contribution is -2.38. The molecule has 1 fully saturated rings. The third-order valence-corrected chi connectivity index (χ3v) is 4.82. The number of pyridine rings is 1. The lowest BCUT2D eigenvalue weighted by molar-refractivity contribution is -0.122. The molecule has 2 atom stereocenters. The predicted octanol–water partition coefficient (Wildman–Crippen LogP) is 2.49. The Kier molecular flexibility index (Phi) is 5.59. The zero-order valence-corrected chi connectivity index (χ0v) is 14.2. The number of aryl methyl sites for hydroxylation is 1. The van der Waals surface area contributed by atoms with E-state index in [4.69, 9.17) is 5.26 Å². The average molecular weight is 315 g/mol. The van der Waals surface area contributed by atoms with Gasteiger partial charge in [0.15, 0.2) is 0 Å². The molecule has 124 valence electrons. The standard InChI is InChI=1S/C18H25N3O2/c1-11-5-4-6-14(9-11)21-17(22)8-7-15-12(2)16(10-19)18(23)20-13(15)3/h11,14H,4-9H2,1-3H3,(H,20,23)(H,21,22). The third kappa shape index (κ3) is 4.22. The fourth-order valence-electron chi connectivity index (χ4n) is 3.52. The number of hydrogen-bond acceptors (Lipinski definition) is 3. The van der Waals surface area contributed by atoms with Gasteiger partial charge in [-0.1, -0.05) is 19.8 Å². The summed E-state index contributed by atoms with van der Waals surface area (Å²) < 4.78 is 0. The highest BCUT2D eigenvalue weighted by Crippen LogP contribution is 2.23. The molecule has 2 rings (SSSR count). The molecular weight excluding hydrogens is 290 g/mol. The van der Waals surface area contributed by atoms with Crippen LogP contribution in [-0.2, 0) is 11.2 Å². The maximum absolute atomic E-state index is 12.2. The lowest BCUT2D eigenvalue weighted by Gasteiger charge is -2.27. The number of H-pyrrole nitrogens is 1. The fraction of sp³-hybridized carbons (Fsp3) is 0.611. The second-order valence-electron chi connectivity index (χ2n) is 6.71. The molecule has 0 saturated heterocycles. The number of nitrogens with one attached hydrogen (secondary N) is 2. The van der Waals surface area contributed by atoms with Crippen LogP contribution in [0.2, 0.25) is 0 Å². The molecule has 2 unspecified atom stereocenters. The second kappa shape index (κ2) is 7.45. The van der Waals surface area contributed by atoms with Crippen LogP contribution < -0.4 is 10.9 Å². The van der Waals surface area contributed by atoms with Crippen LogP contribution in [0.25, 0.3) is 0 Å². The van der Waals surface area contributed by atoms with Gasteiger partial charge in [0.2, 0.25) is 5.91 Å². The normalized spacial score (nSPS) is 20.8. The number of aromatic nitrogens is 1. The Bertz CT molecular complexity index is 685. The Balaban J connectivity index is 1.99. The third-order valence-electron chi connectivity index (χ3n) is 4.82. The highest BCUT2D eigenvalue weighted by atomic mass is 16.1. The summed E-state index contributed by atoms with van der Waals surface area (Å²) in [6, 6.07) is 2.24. The van der Waals surface area contributed by atoms with Gasteiger partial charge in [-0.25, -0.2) is 0 Å². The van der Waals surface area contributed by atoms with E-state index in [1.807, 2.05) is 13.0 Å². The molecular formula is C18H25N3O2. The predicted molar refractivity (Wildman–Crippen MR) is 89.1 cm³/mol. The van der Waals surface area contributed by atoms with Gasteiger partial charge in [0.1, 0.15) is 11.6 Å². The lowest BCUT2D eigenvalue weighted by atomic mass is 9.87. The van der Waals surface area contributed by atoms with Crippen molar-refractivity contribution in [2.24, 2.45) is 5.92 Å². The summed E-state index contributed by atoms with van der Waals surface area (Å²) in [5.74, 6) is 0.725. The molecule has 1 saturated carbocycles. The Labute approximate surface area is 137 Å². The molecule has 2 N–H and O–H groups in total. The first kappa shape index (κ1) is 17.3. The van der Waals surface area contributed by atoms with Crippen molar-refractivity contribution in [1.29, 1.82) is 5.26 Å². The fourth-order valence-corrected chi connectivity index (χ4v) is 3.52. The summed E-state index contributed by atoms with van der Waals surface area (Å²) in [5.41, 5.74) is 2.12. The maximum Gasteiger partial charge on any atom is 0.266 e. The summed E-state index contributed by atoms with van der Waals surface area (Å²) in [7, 11) is 0. The molecule has 1 aliphatic rings. The van der Waals surface area contributed by atoms with Gasteiger partial charge in [-0.2, -0.15) is 5.26 Å². The van der Waals surface area contributed by atoms with Crippen molar-refractivity contribution in [2.45, 2.75) is 65.3 Å². The van der Waals surface area contributed by atoms with Gasteiger partial charge in [-0.3, -0.25) is 9.59 Å². The molecule has 1 aliphatic carbocycles. The summed E-state index contributed by atoms with van der Waals surface area (Å²) >= 11 is 0. The Hall–Kier alpha value is -2.09. The molecule has 0 aromatic carbocycles. The van der Waals surface area contributed by atoms with Crippen molar-refractivity contribution in [3.63, 3.8) is 0 Å². The number of aromatic amines is 1. The van der Waals surface area contributed by atoms with Crippen LogP contribution in [0.1, 0.15) is 61.4 Å². The highest BCUT2D eigenvalue weighted by molar-refractivity contribution is 5.76. The van der Waals surface area contributed by atoms with E-state index < -0.39 is 0 Å². The number of rotatable bonds is 4. The minimum absolute atomic E-state index is 0.0487. The first-order valence-electron chi connectivity index (χ1n) is 8.34. The van der Waals surface area contributed by atoms with Gasteiger partial charge in [0.25, 0.3) is 5.56 Å². The van der Waals surface area contributed by atoms with Gasteiger partial charge in [-0.15, -0.1) is 0 Å². The molecule has 1 aromatic rings. The van der Waals surface area contributed by atoms with Crippen molar-refractivity contribution in [3.05, 3.63) is 32.7 Å². The number of nitriles is 1. The first-order chi connectivity index (χ1) is 10.9. The Morgan fingerprint density at radius 3 is 2.78 bits per heavy atom. The van der Waals surface area contributed by atoms with E-state index >= 15 is 0 Å². The molecule has 1 amide bonds.